The van der Waals surface area contributed by atoms with Gasteiger partial charge in [-0.05, 0) is 73.8 Å². The summed E-state index contributed by atoms with van der Waals surface area (Å²) in [7, 11) is 0. The normalized spacial score (nSPS) is 18.7. The van der Waals surface area contributed by atoms with Crippen molar-refractivity contribution in [3.8, 4) is 11.5 Å². The topological polar surface area (TPSA) is 61.8 Å². The number of esters is 2. The number of alkyl halides is 1. The van der Waals surface area contributed by atoms with Gasteiger partial charge >= 0.3 is 11.9 Å². The van der Waals surface area contributed by atoms with Gasteiger partial charge < -0.3 is 14.2 Å². The molecule has 8 heteroatoms. The summed E-state index contributed by atoms with van der Waals surface area (Å²) in [6.45, 7) is 5.88. The molecule has 2 atom stereocenters. The van der Waals surface area contributed by atoms with Crippen LogP contribution >= 0.6 is 0 Å². The Hall–Kier alpha value is -3.03. The Morgan fingerprint density at radius 1 is 0.923 bits per heavy atom. The number of ether oxygens (including phenoxy) is 3. The number of carbonyl (C=O) groups is 2. The lowest BCUT2D eigenvalue weighted by Gasteiger charge is -2.29. The van der Waals surface area contributed by atoms with E-state index < -0.39 is 35.3 Å². The van der Waals surface area contributed by atoms with E-state index in [1.165, 1.54) is 6.07 Å². The summed E-state index contributed by atoms with van der Waals surface area (Å²) in [5.74, 6) is -4.45. The van der Waals surface area contributed by atoms with Crippen LogP contribution in [0, 0.1) is 17.6 Å². The molecule has 0 N–H and O–H groups in total. The molecule has 0 unspecified atom stereocenters. The van der Waals surface area contributed by atoms with Crippen LogP contribution in [0.3, 0.4) is 0 Å². The molecule has 0 bridgehead atoms. The van der Waals surface area contributed by atoms with Gasteiger partial charge in [0.15, 0.2) is 17.7 Å². The predicted molar refractivity (Wildman–Crippen MR) is 143 cm³/mol. The third kappa shape index (κ3) is 8.48. The van der Waals surface area contributed by atoms with E-state index >= 15 is 0 Å². The van der Waals surface area contributed by atoms with Gasteiger partial charge in [0.2, 0.25) is 5.82 Å². The molecule has 5 nitrogen and oxygen atoms in total. The second-order valence-electron chi connectivity index (χ2n) is 10.3. The first kappa shape index (κ1) is 30.5. The van der Waals surface area contributed by atoms with Crippen molar-refractivity contribution in [1.82, 2.24) is 0 Å². The van der Waals surface area contributed by atoms with Crippen molar-refractivity contribution in [2.75, 3.05) is 6.61 Å². The number of hydrogen-bond acceptors (Lipinski definition) is 5. The molecule has 0 aliphatic heterocycles. The average molecular weight is 549 g/mol. The van der Waals surface area contributed by atoms with Gasteiger partial charge in [0.05, 0.1) is 12.2 Å². The van der Waals surface area contributed by atoms with Crippen LogP contribution in [0.25, 0.3) is 0 Å². The number of rotatable bonds is 13. The first-order chi connectivity index (χ1) is 18.7. The molecule has 1 fully saturated rings. The van der Waals surface area contributed by atoms with E-state index in [9.17, 15) is 22.8 Å². The highest BCUT2D eigenvalue weighted by molar-refractivity contribution is 5.91. The van der Waals surface area contributed by atoms with Crippen molar-refractivity contribution in [1.29, 1.82) is 0 Å². The minimum Gasteiger partial charge on any atom is -0.490 e. The summed E-state index contributed by atoms with van der Waals surface area (Å²) in [5.41, 5.74) is 0.520. The van der Waals surface area contributed by atoms with Crippen LogP contribution in [0.2, 0.25) is 0 Å². The van der Waals surface area contributed by atoms with E-state index in [1.54, 1.807) is 19.1 Å². The minimum atomic E-state index is -1.60. The van der Waals surface area contributed by atoms with Crippen LogP contribution in [0.4, 0.5) is 13.2 Å². The Morgan fingerprint density at radius 2 is 1.62 bits per heavy atom. The summed E-state index contributed by atoms with van der Waals surface area (Å²) in [5, 5.41) is 0. The highest BCUT2D eigenvalue weighted by atomic mass is 19.2. The monoisotopic (exact) mass is 548 g/mol. The van der Waals surface area contributed by atoms with Crippen molar-refractivity contribution in [2.24, 2.45) is 5.92 Å². The van der Waals surface area contributed by atoms with Gasteiger partial charge in [0.25, 0.3) is 0 Å². The molecule has 0 heterocycles. The number of benzene rings is 2. The Kier molecular flexibility index (Phi) is 11.7. The summed E-state index contributed by atoms with van der Waals surface area (Å²) in [6, 6.07) is 9.28. The van der Waals surface area contributed by atoms with Crippen molar-refractivity contribution >= 4 is 11.9 Å². The molecule has 0 radical (unpaired) electrons. The largest absolute Gasteiger partial charge is 0.490 e. The Balaban J connectivity index is 1.50. The van der Waals surface area contributed by atoms with E-state index in [4.69, 9.17) is 14.2 Å². The molecule has 214 valence electrons. The van der Waals surface area contributed by atoms with Gasteiger partial charge in [-0.25, -0.2) is 18.4 Å². The number of carbonyl (C=O) groups excluding carboxylic acids is 2. The van der Waals surface area contributed by atoms with Crippen molar-refractivity contribution in [3.05, 3.63) is 59.2 Å². The average Bonchev–Trinajstić information content (AvgIpc) is 2.95. The summed E-state index contributed by atoms with van der Waals surface area (Å²) >= 11 is 0. The molecular formula is C31H39F3O5. The number of halogens is 3. The summed E-state index contributed by atoms with van der Waals surface area (Å²) < 4.78 is 59.1. The molecule has 0 spiro atoms. The van der Waals surface area contributed by atoms with E-state index in [0.717, 1.165) is 50.2 Å². The van der Waals surface area contributed by atoms with E-state index in [2.05, 4.69) is 6.92 Å². The molecule has 0 amide bonds. The highest BCUT2D eigenvalue weighted by Crippen LogP contribution is 2.35. The zero-order chi connectivity index (χ0) is 28.4. The Morgan fingerprint density at radius 3 is 2.26 bits per heavy atom. The first-order valence-electron chi connectivity index (χ1n) is 14.0. The number of unbranched alkanes of at least 4 members (excludes halogenated alkanes) is 3. The van der Waals surface area contributed by atoms with Crippen LogP contribution in [0.1, 0.15) is 100 Å². The van der Waals surface area contributed by atoms with Crippen molar-refractivity contribution < 1.29 is 37.0 Å². The molecule has 3 rings (SSSR count). The lowest BCUT2D eigenvalue weighted by Crippen LogP contribution is -2.31. The fraction of sp³-hybridized carbons (Fsp3) is 0.548. The Bertz CT molecular complexity index is 1080. The van der Waals surface area contributed by atoms with Crippen molar-refractivity contribution in [3.63, 3.8) is 0 Å². The molecule has 0 aromatic heterocycles. The maximum atomic E-state index is 14.6. The fourth-order valence-electron chi connectivity index (χ4n) is 4.66. The molecule has 1 aliphatic carbocycles. The third-order valence-corrected chi connectivity index (χ3v) is 7.41. The quantitative estimate of drug-likeness (QED) is 0.144. The Labute approximate surface area is 229 Å². The van der Waals surface area contributed by atoms with E-state index in [-0.39, 0.29) is 36.0 Å². The zero-order valence-corrected chi connectivity index (χ0v) is 23.0. The number of hydrogen-bond donors (Lipinski definition) is 0. The highest BCUT2D eigenvalue weighted by Gasteiger charge is 2.30. The van der Waals surface area contributed by atoms with Crippen LogP contribution < -0.4 is 9.47 Å². The zero-order valence-electron chi connectivity index (χ0n) is 23.0. The molecule has 2 aromatic rings. The SMILES string of the molecule is CCCCCCOc1ccc(C(=O)Oc2ccc(C3CCC(OC(=O)[C@@H](F)[C@@H](C)CC)CC3)cc2)c(F)c1F. The fourth-order valence-corrected chi connectivity index (χ4v) is 4.66. The van der Waals surface area contributed by atoms with Crippen LogP contribution in [0.5, 0.6) is 11.5 Å². The predicted octanol–water partition coefficient (Wildman–Crippen LogP) is 8.10. The van der Waals surface area contributed by atoms with Crippen LogP contribution in [-0.2, 0) is 9.53 Å². The molecule has 1 saturated carbocycles. The van der Waals surface area contributed by atoms with Crippen molar-refractivity contribution in [2.45, 2.75) is 96.8 Å². The molecule has 1 aliphatic rings. The minimum absolute atomic E-state index is 0.210. The van der Waals surface area contributed by atoms with Gasteiger partial charge in [-0.1, -0.05) is 58.6 Å². The standard InChI is InChI=1S/C31H39F3O5/c1-4-6-7-8-19-37-26-18-17-25(28(33)29(26)34)30(35)38-23-13-9-21(10-14-23)22-11-15-24(16-12-22)39-31(36)27(32)20(3)5-2/h9-10,13-14,17-18,20,22,24,27H,4-8,11-12,15-16,19H2,1-3H3/t20-,22?,24?,27-/m0/s1. The van der Waals surface area contributed by atoms with Gasteiger partial charge in [0, 0.05) is 0 Å². The van der Waals surface area contributed by atoms with Crippen LogP contribution in [0.15, 0.2) is 36.4 Å². The molecule has 39 heavy (non-hydrogen) atoms. The molecular weight excluding hydrogens is 509 g/mol. The summed E-state index contributed by atoms with van der Waals surface area (Å²) in [4.78, 5) is 24.5. The molecule has 0 saturated heterocycles. The second-order valence-corrected chi connectivity index (χ2v) is 10.3. The second kappa shape index (κ2) is 14.9. The van der Waals surface area contributed by atoms with E-state index in [0.29, 0.717) is 19.3 Å². The van der Waals surface area contributed by atoms with Gasteiger partial charge in [-0.15, -0.1) is 0 Å². The smallest absolute Gasteiger partial charge is 0.346 e. The van der Waals surface area contributed by atoms with Crippen LogP contribution in [-0.4, -0.2) is 30.8 Å². The maximum Gasteiger partial charge on any atom is 0.346 e. The van der Waals surface area contributed by atoms with Gasteiger partial charge in [0.1, 0.15) is 11.9 Å². The third-order valence-electron chi connectivity index (χ3n) is 7.41. The van der Waals surface area contributed by atoms with Gasteiger partial charge in [-0.2, -0.15) is 4.39 Å². The lowest BCUT2D eigenvalue weighted by molar-refractivity contribution is -0.158. The maximum absolute atomic E-state index is 14.6. The summed E-state index contributed by atoms with van der Waals surface area (Å²) in [6.07, 6.45) is 5.30. The van der Waals surface area contributed by atoms with Gasteiger partial charge in [-0.3, -0.25) is 0 Å². The first-order valence-corrected chi connectivity index (χ1v) is 14.0. The molecule has 2 aromatic carbocycles. The van der Waals surface area contributed by atoms with E-state index in [1.807, 2.05) is 19.1 Å². The lowest BCUT2D eigenvalue weighted by atomic mass is 9.82.